The highest BCUT2D eigenvalue weighted by Crippen LogP contribution is 2.55. The molecule has 1 unspecified atom stereocenters. The van der Waals surface area contributed by atoms with Gasteiger partial charge in [0.1, 0.15) is 0 Å². The molecule has 5 rings (SSSR count). The SMILES string of the molecule is O=S1[C@@H]2C=C(c3ccccc3)[C@H]1[C@H]1C(c3ccccc3)=C[S@@](=O)[C@H]12. The fraction of sp³-hybridized carbons (Fsp3) is 0.200. The van der Waals surface area contributed by atoms with Crippen LogP contribution in [0.1, 0.15) is 11.1 Å². The highest BCUT2D eigenvalue weighted by atomic mass is 32.2. The Hall–Kier alpha value is -1.78. The average molecular weight is 352 g/mol. The summed E-state index contributed by atoms with van der Waals surface area (Å²) < 4.78 is 25.7. The Balaban J connectivity index is 1.63. The van der Waals surface area contributed by atoms with Crippen LogP contribution in [0.3, 0.4) is 0 Å². The zero-order chi connectivity index (χ0) is 16.3. The van der Waals surface area contributed by atoms with E-state index in [-0.39, 0.29) is 21.7 Å². The number of fused-ring (bicyclic) bond motifs is 5. The van der Waals surface area contributed by atoms with Crippen molar-refractivity contribution in [1.29, 1.82) is 0 Å². The zero-order valence-corrected chi connectivity index (χ0v) is 14.5. The van der Waals surface area contributed by atoms with Crippen LogP contribution in [0, 0.1) is 5.92 Å². The van der Waals surface area contributed by atoms with Crippen LogP contribution in [-0.2, 0) is 21.6 Å². The van der Waals surface area contributed by atoms with Crippen molar-refractivity contribution < 1.29 is 8.42 Å². The summed E-state index contributed by atoms with van der Waals surface area (Å²) in [5.74, 6) is 0.0965. The minimum absolute atomic E-state index is 0.0292. The number of allylic oxidation sites excluding steroid dienone is 1. The highest BCUT2D eigenvalue weighted by molar-refractivity contribution is 7.93. The fourth-order valence-electron chi connectivity index (χ4n) is 4.26. The predicted molar refractivity (Wildman–Crippen MR) is 100.0 cm³/mol. The van der Waals surface area contributed by atoms with E-state index in [1.165, 1.54) is 5.57 Å². The van der Waals surface area contributed by atoms with Crippen LogP contribution in [0.4, 0.5) is 0 Å². The molecule has 0 aromatic heterocycles. The molecule has 3 heterocycles. The largest absolute Gasteiger partial charge is 0.258 e. The Labute approximate surface area is 146 Å². The summed E-state index contributed by atoms with van der Waals surface area (Å²) in [6.45, 7) is 0. The first-order valence-electron chi connectivity index (χ1n) is 8.09. The summed E-state index contributed by atoms with van der Waals surface area (Å²) in [6, 6.07) is 20.3. The van der Waals surface area contributed by atoms with Gasteiger partial charge in [-0.3, -0.25) is 8.42 Å². The highest BCUT2D eigenvalue weighted by Gasteiger charge is 2.59. The second kappa shape index (κ2) is 5.36. The van der Waals surface area contributed by atoms with Gasteiger partial charge < -0.3 is 0 Å². The summed E-state index contributed by atoms with van der Waals surface area (Å²) in [5.41, 5.74) is 4.53. The van der Waals surface area contributed by atoms with E-state index < -0.39 is 21.6 Å². The molecule has 24 heavy (non-hydrogen) atoms. The van der Waals surface area contributed by atoms with Gasteiger partial charge in [-0.15, -0.1) is 0 Å². The molecule has 3 aliphatic heterocycles. The molecule has 4 heteroatoms. The van der Waals surface area contributed by atoms with Crippen molar-refractivity contribution in [2.24, 2.45) is 5.92 Å². The van der Waals surface area contributed by atoms with Crippen molar-refractivity contribution in [1.82, 2.24) is 0 Å². The molecule has 0 radical (unpaired) electrons. The second-order valence-corrected chi connectivity index (χ2v) is 9.61. The molecular formula is C20H16O2S2. The van der Waals surface area contributed by atoms with E-state index in [4.69, 9.17) is 0 Å². The van der Waals surface area contributed by atoms with Crippen molar-refractivity contribution in [2.45, 2.75) is 15.7 Å². The maximum atomic E-state index is 13.0. The number of hydrogen-bond donors (Lipinski definition) is 0. The van der Waals surface area contributed by atoms with E-state index >= 15 is 0 Å². The zero-order valence-electron chi connectivity index (χ0n) is 12.9. The van der Waals surface area contributed by atoms with Gasteiger partial charge in [0, 0.05) is 22.1 Å². The van der Waals surface area contributed by atoms with Crippen LogP contribution in [-0.4, -0.2) is 24.2 Å². The van der Waals surface area contributed by atoms with Crippen LogP contribution in [0.5, 0.6) is 0 Å². The Bertz CT molecular complexity index is 915. The third kappa shape index (κ3) is 1.93. The lowest BCUT2D eigenvalue weighted by molar-refractivity contribution is 0.645. The number of rotatable bonds is 2. The number of benzene rings is 2. The lowest BCUT2D eigenvalue weighted by Crippen LogP contribution is -2.30. The Kier molecular flexibility index (Phi) is 3.25. The van der Waals surface area contributed by atoms with Gasteiger partial charge in [0.25, 0.3) is 0 Å². The summed E-state index contributed by atoms with van der Waals surface area (Å²) in [4.78, 5) is 0. The first kappa shape index (κ1) is 14.6. The molecule has 3 aliphatic rings. The van der Waals surface area contributed by atoms with Gasteiger partial charge in [0.05, 0.1) is 26.5 Å². The van der Waals surface area contributed by atoms with Crippen LogP contribution in [0.2, 0.25) is 0 Å². The molecule has 6 atom stereocenters. The monoisotopic (exact) mass is 352 g/mol. The van der Waals surface area contributed by atoms with Crippen molar-refractivity contribution in [3.63, 3.8) is 0 Å². The fourth-order valence-corrected chi connectivity index (χ4v) is 8.77. The van der Waals surface area contributed by atoms with Crippen molar-refractivity contribution in [3.05, 3.63) is 83.3 Å². The summed E-state index contributed by atoms with van der Waals surface area (Å²) in [6.07, 6.45) is 2.12. The topological polar surface area (TPSA) is 34.1 Å². The van der Waals surface area contributed by atoms with E-state index in [0.29, 0.717) is 0 Å². The lowest BCUT2D eigenvalue weighted by atomic mass is 9.79. The standard InChI is InChI=1S/C20H16O2S2/c21-23-12-16(14-9-5-2-6-10-14)18-19-15(13-7-3-1-4-8-13)11-17(20(18)23)24(19)22/h1-12,17-20H/t17-,18-,19+,20+,23-,24?/m1/s1. The second-order valence-electron chi connectivity index (χ2n) is 6.46. The third-order valence-corrected chi connectivity index (χ3v) is 9.05. The molecule has 120 valence electrons. The molecule has 1 saturated heterocycles. The van der Waals surface area contributed by atoms with Gasteiger partial charge in [-0.05, 0) is 22.3 Å². The van der Waals surface area contributed by atoms with E-state index in [9.17, 15) is 8.42 Å². The predicted octanol–water partition coefficient (Wildman–Crippen LogP) is 3.37. The van der Waals surface area contributed by atoms with Crippen LogP contribution in [0.15, 0.2) is 72.1 Å². The molecule has 0 aliphatic carbocycles. The Morgan fingerprint density at radius 3 is 1.96 bits per heavy atom. The molecule has 1 fully saturated rings. The van der Waals surface area contributed by atoms with Crippen molar-refractivity contribution in [3.8, 4) is 0 Å². The van der Waals surface area contributed by atoms with Crippen LogP contribution < -0.4 is 0 Å². The molecule has 2 bridgehead atoms. The smallest absolute Gasteiger partial charge is 0.0693 e. The minimum Gasteiger partial charge on any atom is -0.258 e. The Morgan fingerprint density at radius 2 is 1.33 bits per heavy atom. The quantitative estimate of drug-likeness (QED) is 0.830. The minimum atomic E-state index is -1.05. The van der Waals surface area contributed by atoms with E-state index in [2.05, 4.69) is 30.3 Å². The summed E-state index contributed by atoms with van der Waals surface area (Å²) >= 11 is 0. The molecule has 0 amide bonds. The Morgan fingerprint density at radius 1 is 0.750 bits per heavy atom. The van der Waals surface area contributed by atoms with E-state index in [1.807, 2.05) is 41.8 Å². The molecule has 2 aromatic carbocycles. The van der Waals surface area contributed by atoms with Gasteiger partial charge in [-0.25, -0.2) is 0 Å². The maximum Gasteiger partial charge on any atom is 0.0693 e. The van der Waals surface area contributed by atoms with Gasteiger partial charge in [0.2, 0.25) is 0 Å². The first-order valence-corrected chi connectivity index (χ1v) is 10.6. The van der Waals surface area contributed by atoms with Gasteiger partial charge >= 0.3 is 0 Å². The van der Waals surface area contributed by atoms with Gasteiger partial charge in [-0.2, -0.15) is 0 Å². The normalized spacial score (nSPS) is 36.3. The van der Waals surface area contributed by atoms with Crippen molar-refractivity contribution in [2.75, 3.05) is 0 Å². The maximum absolute atomic E-state index is 13.0. The molecule has 0 N–H and O–H groups in total. The lowest BCUT2D eigenvalue weighted by Gasteiger charge is -2.25. The first-order chi connectivity index (χ1) is 11.8. The third-order valence-electron chi connectivity index (χ3n) is 5.26. The van der Waals surface area contributed by atoms with Crippen LogP contribution >= 0.6 is 0 Å². The molecular weight excluding hydrogens is 336 g/mol. The van der Waals surface area contributed by atoms with Crippen LogP contribution in [0.25, 0.3) is 11.1 Å². The number of hydrogen-bond acceptors (Lipinski definition) is 2. The molecule has 2 nitrogen and oxygen atoms in total. The molecule has 2 aromatic rings. The van der Waals surface area contributed by atoms with Gasteiger partial charge in [0.15, 0.2) is 0 Å². The van der Waals surface area contributed by atoms with Gasteiger partial charge in [-0.1, -0.05) is 66.7 Å². The molecule has 0 saturated carbocycles. The summed E-state index contributed by atoms with van der Waals surface area (Å²) in [5, 5.41) is 1.75. The van der Waals surface area contributed by atoms with Crippen molar-refractivity contribution >= 4 is 32.7 Å². The molecule has 0 spiro atoms. The van der Waals surface area contributed by atoms with E-state index in [1.54, 1.807) is 0 Å². The average Bonchev–Trinajstić information content (AvgIpc) is 3.24. The summed E-state index contributed by atoms with van der Waals surface area (Å²) in [7, 11) is -2.03. The van der Waals surface area contributed by atoms with E-state index in [0.717, 1.165) is 16.7 Å².